The van der Waals surface area contributed by atoms with E-state index >= 15 is 0 Å². The van der Waals surface area contributed by atoms with Crippen LogP contribution in [-0.2, 0) is 12.8 Å². The van der Waals surface area contributed by atoms with Crippen molar-refractivity contribution in [2.75, 3.05) is 13.1 Å². The maximum absolute atomic E-state index is 12.6. The summed E-state index contributed by atoms with van der Waals surface area (Å²) in [5, 5.41) is 7.59. The van der Waals surface area contributed by atoms with Gasteiger partial charge in [0.25, 0.3) is 11.5 Å². The first-order chi connectivity index (χ1) is 12.2. The topological polar surface area (TPSA) is 94.7 Å². The summed E-state index contributed by atoms with van der Waals surface area (Å²) >= 11 is 0. The van der Waals surface area contributed by atoms with Crippen LogP contribution < -0.4 is 5.56 Å². The normalized spacial score (nSPS) is 14.0. The molecule has 1 amide bonds. The molecule has 126 valence electrons. The van der Waals surface area contributed by atoms with Gasteiger partial charge < -0.3 is 9.88 Å². The van der Waals surface area contributed by atoms with Crippen LogP contribution in [0.4, 0.5) is 0 Å². The molecule has 1 aromatic carbocycles. The van der Waals surface area contributed by atoms with Gasteiger partial charge in [-0.25, -0.2) is 4.98 Å². The summed E-state index contributed by atoms with van der Waals surface area (Å²) in [5.74, 6) is -0.171. The van der Waals surface area contributed by atoms with Crippen LogP contribution in [0.15, 0.2) is 47.5 Å². The Bertz CT molecular complexity index is 941. The third kappa shape index (κ3) is 2.96. The van der Waals surface area contributed by atoms with Gasteiger partial charge in [-0.1, -0.05) is 30.3 Å². The number of fused-ring (bicyclic) bond motifs is 1. The predicted molar refractivity (Wildman–Crippen MR) is 92.2 cm³/mol. The molecule has 0 saturated heterocycles. The molecule has 1 aliphatic heterocycles. The quantitative estimate of drug-likeness (QED) is 0.740. The molecular formula is C18H17N5O2. The van der Waals surface area contributed by atoms with Gasteiger partial charge in [0.2, 0.25) is 0 Å². The van der Waals surface area contributed by atoms with Crippen LogP contribution in [0.3, 0.4) is 0 Å². The van der Waals surface area contributed by atoms with Crippen molar-refractivity contribution in [3.63, 3.8) is 0 Å². The number of nitrogens with zero attached hydrogens (tertiary/aromatic N) is 3. The second-order valence-electron chi connectivity index (χ2n) is 5.98. The highest BCUT2D eigenvalue weighted by Gasteiger charge is 2.24. The Morgan fingerprint density at radius 1 is 1.12 bits per heavy atom. The summed E-state index contributed by atoms with van der Waals surface area (Å²) in [6.45, 7) is 1.18. The fraction of sp³-hybridized carbons (Fsp3) is 0.222. The lowest BCUT2D eigenvalue weighted by molar-refractivity contribution is 0.0756. The molecule has 0 saturated carbocycles. The first-order valence-corrected chi connectivity index (χ1v) is 8.18. The Labute approximate surface area is 143 Å². The van der Waals surface area contributed by atoms with Crippen LogP contribution >= 0.6 is 0 Å². The highest BCUT2D eigenvalue weighted by atomic mass is 16.2. The summed E-state index contributed by atoms with van der Waals surface area (Å²) in [4.78, 5) is 31.9. The molecule has 1 aliphatic rings. The molecule has 0 aliphatic carbocycles. The van der Waals surface area contributed by atoms with Crippen molar-refractivity contribution in [1.82, 2.24) is 25.1 Å². The van der Waals surface area contributed by atoms with E-state index in [4.69, 9.17) is 0 Å². The number of hydrogen-bond donors (Lipinski definition) is 2. The lowest BCUT2D eigenvalue weighted by Gasteiger charge is -2.19. The number of benzene rings is 1. The van der Waals surface area contributed by atoms with Crippen molar-refractivity contribution < 1.29 is 4.79 Å². The van der Waals surface area contributed by atoms with Crippen LogP contribution in [0.5, 0.6) is 0 Å². The second-order valence-corrected chi connectivity index (χ2v) is 5.98. The number of aromatic amines is 2. The number of carbonyl (C=O) groups excluding carboxylic acids is 1. The number of amides is 1. The predicted octanol–water partition coefficient (Wildman–Crippen LogP) is 1.40. The third-order valence-corrected chi connectivity index (χ3v) is 4.44. The van der Waals surface area contributed by atoms with E-state index < -0.39 is 0 Å². The number of rotatable bonds is 2. The molecule has 0 spiro atoms. The molecule has 0 fully saturated rings. The van der Waals surface area contributed by atoms with Gasteiger partial charge in [-0.15, -0.1) is 0 Å². The van der Waals surface area contributed by atoms with Crippen LogP contribution in [0, 0.1) is 0 Å². The molecule has 2 N–H and O–H groups in total. The summed E-state index contributed by atoms with van der Waals surface area (Å²) < 4.78 is 0. The minimum atomic E-state index is -0.319. The number of H-pyrrole nitrogens is 2. The zero-order valence-electron chi connectivity index (χ0n) is 13.5. The van der Waals surface area contributed by atoms with E-state index in [2.05, 4.69) is 20.2 Å². The molecule has 3 aromatic rings. The number of hydrogen-bond acceptors (Lipinski definition) is 4. The van der Waals surface area contributed by atoms with Gasteiger partial charge in [-0.05, 0) is 6.42 Å². The lowest BCUT2D eigenvalue weighted by atomic mass is 10.0. The molecule has 7 nitrogen and oxygen atoms in total. The van der Waals surface area contributed by atoms with Crippen molar-refractivity contribution in [3.05, 3.63) is 70.0 Å². The molecule has 0 bridgehead atoms. The van der Waals surface area contributed by atoms with Gasteiger partial charge in [0.15, 0.2) is 0 Å². The lowest BCUT2D eigenvalue weighted by Crippen LogP contribution is -2.34. The molecule has 0 radical (unpaired) electrons. The largest absolute Gasteiger partial charge is 0.337 e. The molecule has 2 aromatic heterocycles. The van der Waals surface area contributed by atoms with Gasteiger partial charge in [-0.2, -0.15) is 5.10 Å². The average molecular weight is 335 g/mol. The van der Waals surface area contributed by atoms with Crippen LogP contribution in [0.1, 0.15) is 21.7 Å². The highest BCUT2D eigenvalue weighted by molar-refractivity contribution is 5.92. The van der Waals surface area contributed by atoms with Gasteiger partial charge in [0.1, 0.15) is 5.69 Å². The van der Waals surface area contributed by atoms with E-state index in [1.165, 1.54) is 6.20 Å². The standard InChI is InChI=1S/C18H17N5O2/c24-16-11-19-15(10-20-16)18(25)23-8-6-13-14(7-9-23)21-22-17(13)12-4-2-1-3-5-12/h1-5,10-11H,6-9H2,(H,20,24)(H,21,22). The monoisotopic (exact) mass is 335 g/mol. The first kappa shape index (κ1) is 15.3. The van der Waals surface area contributed by atoms with Gasteiger partial charge in [-0.3, -0.25) is 14.7 Å². The summed E-state index contributed by atoms with van der Waals surface area (Å²) in [6, 6.07) is 10.0. The van der Waals surface area contributed by atoms with Crippen molar-refractivity contribution in [3.8, 4) is 11.3 Å². The highest BCUT2D eigenvalue weighted by Crippen LogP contribution is 2.26. The molecular weight excluding hydrogens is 318 g/mol. The minimum absolute atomic E-state index is 0.171. The van der Waals surface area contributed by atoms with Crippen LogP contribution in [0.25, 0.3) is 11.3 Å². The minimum Gasteiger partial charge on any atom is -0.337 e. The van der Waals surface area contributed by atoms with Crippen molar-refractivity contribution in [1.29, 1.82) is 0 Å². The Kier molecular flexibility index (Phi) is 3.89. The fourth-order valence-corrected chi connectivity index (χ4v) is 3.14. The maximum Gasteiger partial charge on any atom is 0.273 e. The maximum atomic E-state index is 12.6. The van der Waals surface area contributed by atoms with Crippen LogP contribution in [0.2, 0.25) is 0 Å². The van der Waals surface area contributed by atoms with E-state index in [1.54, 1.807) is 4.90 Å². The van der Waals surface area contributed by atoms with E-state index in [-0.39, 0.29) is 17.2 Å². The van der Waals surface area contributed by atoms with Crippen LogP contribution in [-0.4, -0.2) is 44.1 Å². The Morgan fingerprint density at radius 3 is 2.68 bits per heavy atom. The first-order valence-electron chi connectivity index (χ1n) is 8.18. The van der Waals surface area contributed by atoms with E-state index in [9.17, 15) is 9.59 Å². The van der Waals surface area contributed by atoms with Gasteiger partial charge >= 0.3 is 0 Å². The summed E-state index contributed by atoms with van der Waals surface area (Å²) in [7, 11) is 0. The number of aromatic nitrogens is 4. The van der Waals surface area contributed by atoms with E-state index in [0.717, 1.165) is 35.1 Å². The molecule has 0 atom stereocenters. The number of carbonyl (C=O) groups is 1. The molecule has 25 heavy (non-hydrogen) atoms. The average Bonchev–Trinajstić information content (AvgIpc) is 2.94. The Hall–Kier alpha value is -3.22. The molecule has 7 heteroatoms. The molecule has 0 unspecified atom stereocenters. The van der Waals surface area contributed by atoms with E-state index in [0.29, 0.717) is 19.5 Å². The summed E-state index contributed by atoms with van der Waals surface area (Å²) in [5.41, 5.74) is 4.20. The SMILES string of the molecule is O=C(c1c[nH]c(=O)cn1)N1CCc2[nH]nc(-c3ccccc3)c2CC1. The second kappa shape index (κ2) is 6.35. The van der Waals surface area contributed by atoms with Gasteiger partial charge in [0.05, 0.1) is 11.9 Å². The third-order valence-electron chi connectivity index (χ3n) is 4.44. The van der Waals surface area contributed by atoms with Gasteiger partial charge in [0, 0.05) is 42.5 Å². The summed E-state index contributed by atoms with van der Waals surface area (Å²) in [6.07, 6.45) is 3.94. The Morgan fingerprint density at radius 2 is 1.92 bits per heavy atom. The van der Waals surface area contributed by atoms with Crippen molar-refractivity contribution in [2.45, 2.75) is 12.8 Å². The van der Waals surface area contributed by atoms with Crippen molar-refractivity contribution in [2.24, 2.45) is 0 Å². The zero-order chi connectivity index (χ0) is 17.2. The molecule has 3 heterocycles. The van der Waals surface area contributed by atoms with E-state index in [1.807, 2.05) is 30.3 Å². The smallest absolute Gasteiger partial charge is 0.273 e. The zero-order valence-corrected chi connectivity index (χ0v) is 13.5. The fourth-order valence-electron chi connectivity index (χ4n) is 3.14. The Balaban J connectivity index is 1.56. The molecule has 4 rings (SSSR count). The number of nitrogens with one attached hydrogen (secondary N) is 2. The van der Waals surface area contributed by atoms with Crippen molar-refractivity contribution >= 4 is 5.91 Å².